The largest absolute Gasteiger partial charge is 0.494 e. The van der Waals surface area contributed by atoms with Crippen LogP contribution in [0.15, 0.2) is 21.4 Å². The molecule has 1 aromatic carbocycles. The van der Waals surface area contributed by atoms with Crippen molar-refractivity contribution >= 4 is 28.8 Å². The van der Waals surface area contributed by atoms with Crippen molar-refractivity contribution < 1.29 is 9.13 Å². The van der Waals surface area contributed by atoms with Crippen molar-refractivity contribution in [3.05, 3.63) is 23.0 Å². The molecule has 0 saturated carbocycles. The first kappa shape index (κ1) is 12.1. The van der Waals surface area contributed by atoms with Crippen LogP contribution in [0.25, 0.3) is 0 Å². The number of hydrogen-bond donors (Lipinski definition) is 1. The Kier molecular flexibility index (Phi) is 3.49. The fourth-order valence-electron chi connectivity index (χ4n) is 1.21. The molecule has 0 saturated heterocycles. The number of rotatable bonds is 3. The molecular weight excluding hydrogens is 261 g/mol. The highest BCUT2D eigenvalue weighted by atomic mass is 32.2. The van der Waals surface area contributed by atoms with Crippen molar-refractivity contribution in [2.45, 2.75) is 16.2 Å². The second kappa shape index (κ2) is 4.89. The van der Waals surface area contributed by atoms with E-state index in [1.807, 2.05) is 6.92 Å². The minimum atomic E-state index is -0.470. The lowest BCUT2D eigenvalue weighted by Crippen LogP contribution is -1.94. The molecular formula is C10H10FN3OS2. The van der Waals surface area contributed by atoms with Gasteiger partial charge < -0.3 is 10.5 Å². The summed E-state index contributed by atoms with van der Waals surface area (Å²) in [6.45, 7) is 1.87. The van der Waals surface area contributed by atoms with E-state index in [0.717, 1.165) is 9.35 Å². The Morgan fingerprint density at radius 2 is 2.18 bits per heavy atom. The maximum absolute atomic E-state index is 13.3. The summed E-state index contributed by atoms with van der Waals surface area (Å²) >= 11 is 2.81. The zero-order valence-electron chi connectivity index (χ0n) is 9.23. The number of nitrogen functional groups attached to an aromatic ring is 1. The van der Waals surface area contributed by atoms with Crippen LogP contribution < -0.4 is 10.5 Å². The van der Waals surface area contributed by atoms with E-state index in [1.54, 1.807) is 6.07 Å². The van der Waals surface area contributed by atoms with E-state index < -0.39 is 5.82 Å². The molecule has 90 valence electrons. The van der Waals surface area contributed by atoms with Gasteiger partial charge in [-0.05, 0) is 13.0 Å². The van der Waals surface area contributed by atoms with E-state index >= 15 is 0 Å². The van der Waals surface area contributed by atoms with Crippen molar-refractivity contribution in [2.75, 3.05) is 12.8 Å². The minimum absolute atomic E-state index is 0.169. The van der Waals surface area contributed by atoms with E-state index in [-0.39, 0.29) is 5.75 Å². The van der Waals surface area contributed by atoms with Crippen LogP contribution in [0.3, 0.4) is 0 Å². The number of anilines is 1. The van der Waals surface area contributed by atoms with Crippen molar-refractivity contribution in [3.8, 4) is 5.75 Å². The number of methoxy groups -OCH3 is 1. The average molecular weight is 271 g/mol. The molecule has 0 unspecified atom stereocenters. The van der Waals surface area contributed by atoms with Gasteiger partial charge in [0.15, 0.2) is 15.9 Å². The topological polar surface area (TPSA) is 61.0 Å². The number of ether oxygens (including phenoxy) is 1. The third-order valence-electron chi connectivity index (χ3n) is 1.99. The summed E-state index contributed by atoms with van der Waals surface area (Å²) in [6.07, 6.45) is 0. The Bertz CT molecular complexity index is 544. The van der Waals surface area contributed by atoms with E-state index in [0.29, 0.717) is 10.6 Å². The van der Waals surface area contributed by atoms with Crippen LogP contribution >= 0.6 is 23.1 Å². The van der Waals surface area contributed by atoms with Crippen LogP contribution in [0, 0.1) is 12.7 Å². The highest BCUT2D eigenvalue weighted by Crippen LogP contribution is 2.37. The first-order valence-corrected chi connectivity index (χ1v) is 6.34. The van der Waals surface area contributed by atoms with Crippen molar-refractivity contribution in [3.63, 3.8) is 0 Å². The molecule has 0 fully saturated rings. The molecule has 2 rings (SSSR count). The summed E-state index contributed by atoms with van der Waals surface area (Å²) in [4.78, 5) is 0.708. The number of nitrogens with two attached hydrogens (primary N) is 1. The summed E-state index contributed by atoms with van der Waals surface area (Å²) in [6, 6.07) is 2.81. The SMILES string of the molecule is COc1cc(Sc2nnc(C)s2)c(N)cc1F. The molecule has 2 aromatic rings. The van der Waals surface area contributed by atoms with Gasteiger partial charge in [-0.1, -0.05) is 23.1 Å². The molecule has 4 nitrogen and oxygen atoms in total. The maximum atomic E-state index is 13.3. The fraction of sp³-hybridized carbons (Fsp3) is 0.200. The number of halogens is 1. The smallest absolute Gasteiger partial charge is 0.179 e. The van der Waals surface area contributed by atoms with Gasteiger partial charge in [0.1, 0.15) is 5.01 Å². The van der Waals surface area contributed by atoms with Crippen LogP contribution in [0.1, 0.15) is 5.01 Å². The van der Waals surface area contributed by atoms with Gasteiger partial charge in [0, 0.05) is 16.6 Å². The van der Waals surface area contributed by atoms with Crippen LogP contribution in [0.5, 0.6) is 5.75 Å². The highest BCUT2D eigenvalue weighted by Gasteiger charge is 2.11. The third-order valence-corrected chi connectivity index (χ3v) is 3.95. The second-order valence-electron chi connectivity index (χ2n) is 3.21. The highest BCUT2D eigenvalue weighted by molar-refractivity contribution is 8.01. The molecule has 7 heteroatoms. The fourth-order valence-corrected chi connectivity index (χ4v) is 3.04. The lowest BCUT2D eigenvalue weighted by atomic mass is 10.3. The first-order valence-electron chi connectivity index (χ1n) is 4.71. The molecule has 17 heavy (non-hydrogen) atoms. The Hall–Kier alpha value is -1.34. The van der Waals surface area contributed by atoms with Crippen molar-refractivity contribution in [1.29, 1.82) is 0 Å². The summed E-state index contributed by atoms with van der Waals surface area (Å²) < 4.78 is 19.0. The normalized spacial score (nSPS) is 10.5. The van der Waals surface area contributed by atoms with Crippen LogP contribution in [-0.2, 0) is 0 Å². The molecule has 0 bridgehead atoms. The Labute approximate surface area is 106 Å². The predicted octanol–water partition coefficient (Wildman–Crippen LogP) is 2.73. The second-order valence-corrected chi connectivity index (χ2v) is 5.68. The maximum Gasteiger partial charge on any atom is 0.179 e. The zero-order chi connectivity index (χ0) is 12.4. The lowest BCUT2D eigenvalue weighted by molar-refractivity contribution is 0.385. The van der Waals surface area contributed by atoms with Crippen molar-refractivity contribution in [2.24, 2.45) is 0 Å². The first-order chi connectivity index (χ1) is 8.10. The van der Waals surface area contributed by atoms with E-state index in [2.05, 4.69) is 10.2 Å². The number of benzene rings is 1. The third kappa shape index (κ3) is 2.67. The van der Waals surface area contributed by atoms with Gasteiger partial charge in [0.2, 0.25) is 0 Å². The molecule has 0 radical (unpaired) electrons. The van der Waals surface area contributed by atoms with E-state index in [1.165, 1.54) is 36.3 Å². The lowest BCUT2D eigenvalue weighted by Gasteiger charge is -2.07. The molecule has 2 N–H and O–H groups in total. The van der Waals surface area contributed by atoms with E-state index in [4.69, 9.17) is 10.5 Å². The van der Waals surface area contributed by atoms with Crippen LogP contribution in [0.2, 0.25) is 0 Å². The van der Waals surface area contributed by atoms with Gasteiger partial charge in [0.25, 0.3) is 0 Å². The summed E-state index contributed by atoms with van der Waals surface area (Å²) in [5.74, 6) is -0.300. The molecule has 0 aliphatic rings. The van der Waals surface area contributed by atoms with Gasteiger partial charge in [-0.15, -0.1) is 10.2 Å². The summed E-state index contributed by atoms with van der Waals surface area (Å²) in [7, 11) is 1.41. The Balaban J connectivity index is 2.32. The Morgan fingerprint density at radius 3 is 2.76 bits per heavy atom. The average Bonchev–Trinajstić information content (AvgIpc) is 2.68. The van der Waals surface area contributed by atoms with Gasteiger partial charge in [0.05, 0.1) is 7.11 Å². The minimum Gasteiger partial charge on any atom is -0.494 e. The predicted molar refractivity (Wildman–Crippen MR) is 66.1 cm³/mol. The van der Waals surface area contributed by atoms with Crippen LogP contribution in [0.4, 0.5) is 10.1 Å². The van der Waals surface area contributed by atoms with E-state index in [9.17, 15) is 4.39 Å². The summed E-state index contributed by atoms with van der Waals surface area (Å²) in [5.41, 5.74) is 6.10. The molecule has 0 aliphatic heterocycles. The zero-order valence-corrected chi connectivity index (χ0v) is 10.9. The monoisotopic (exact) mass is 271 g/mol. The quantitative estimate of drug-likeness (QED) is 0.870. The molecule has 0 spiro atoms. The van der Waals surface area contributed by atoms with Gasteiger partial charge in [-0.3, -0.25) is 0 Å². The molecule has 0 amide bonds. The van der Waals surface area contributed by atoms with Gasteiger partial charge >= 0.3 is 0 Å². The number of aromatic nitrogens is 2. The molecule has 1 aromatic heterocycles. The standard InChI is InChI=1S/C10H10FN3OS2/c1-5-13-14-10(16-5)17-9-4-8(15-2)6(11)3-7(9)12/h3-4H,12H2,1-2H3. The number of aryl methyl sites for hydroxylation is 1. The van der Waals surface area contributed by atoms with Gasteiger partial charge in [-0.25, -0.2) is 4.39 Å². The summed E-state index contributed by atoms with van der Waals surface area (Å²) in [5, 5.41) is 8.75. The number of hydrogen-bond acceptors (Lipinski definition) is 6. The van der Waals surface area contributed by atoms with Crippen molar-refractivity contribution in [1.82, 2.24) is 10.2 Å². The molecule has 1 heterocycles. The Morgan fingerprint density at radius 1 is 1.41 bits per heavy atom. The van der Waals surface area contributed by atoms with Gasteiger partial charge in [-0.2, -0.15) is 0 Å². The molecule has 0 atom stereocenters. The van der Waals surface area contributed by atoms with Crippen LogP contribution in [-0.4, -0.2) is 17.3 Å². The number of nitrogens with zero attached hydrogens (tertiary/aromatic N) is 2. The molecule has 0 aliphatic carbocycles.